The van der Waals surface area contributed by atoms with Crippen LogP contribution >= 0.6 is 12.4 Å². The number of hydrogen-bond acceptors (Lipinski definition) is 5. The molecule has 1 saturated heterocycles. The summed E-state index contributed by atoms with van der Waals surface area (Å²) in [5.41, 5.74) is 6.71. The summed E-state index contributed by atoms with van der Waals surface area (Å²) in [5.74, 6) is 0.549. The second-order valence-electron chi connectivity index (χ2n) is 5.76. The third-order valence-electron chi connectivity index (χ3n) is 4.08. The highest BCUT2D eigenvalue weighted by atomic mass is 35.5. The monoisotopic (exact) mass is 371 g/mol. The Hall–Kier alpha value is -1.83. The Bertz CT molecular complexity index is 547. The molecule has 1 aromatic carbocycles. The average Bonchev–Trinajstić information content (AvgIpc) is 2.63. The number of ether oxygens (including phenoxy) is 2. The van der Waals surface area contributed by atoms with E-state index in [1.165, 1.54) is 0 Å². The fraction of sp³-hybridized carbons (Fsp3) is 0.529. The van der Waals surface area contributed by atoms with Crippen LogP contribution in [0.1, 0.15) is 19.3 Å². The summed E-state index contributed by atoms with van der Waals surface area (Å²) in [7, 11) is 1.59. The first-order valence-electron chi connectivity index (χ1n) is 8.18. The number of carbonyl (C=O) groups is 2. The van der Waals surface area contributed by atoms with E-state index in [-0.39, 0.29) is 30.1 Å². The van der Waals surface area contributed by atoms with E-state index in [0.717, 1.165) is 12.8 Å². The summed E-state index contributed by atoms with van der Waals surface area (Å²) in [6, 6.07) is 6.48. The molecule has 0 aliphatic carbocycles. The van der Waals surface area contributed by atoms with Crippen molar-refractivity contribution in [3.05, 3.63) is 24.3 Å². The van der Waals surface area contributed by atoms with E-state index >= 15 is 0 Å². The number of amides is 2. The summed E-state index contributed by atoms with van der Waals surface area (Å²) < 4.78 is 10.8. The van der Waals surface area contributed by atoms with Crippen LogP contribution in [-0.2, 0) is 14.3 Å². The van der Waals surface area contributed by atoms with Gasteiger partial charge in [0, 0.05) is 25.9 Å². The standard InChI is InChI=1S/C17H25N3O4.ClH/c1-19-15(21)8-11-24-14-4-2-13(3-5-14)20-17(22)16(18)12-6-9-23-10-7-12;/h2-5,12,16H,6-11,18H2,1H3,(H,19,21)(H,20,22);1H. The zero-order chi connectivity index (χ0) is 17.4. The van der Waals surface area contributed by atoms with Gasteiger partial charge >= 0.3 is 0 Å². The first-order valence-corrected chi connectivity index (χ1v) is 8.18. The predicted molar refractivity (Wildman–Crippen MR) is 98.0 cm³/mol. The van der Waals surface area contributed by atoms with E-state index in [9.17, 15) is 9.59 Å². The minimum absolute atomic E-state index is 0. The Morgan fingerprint density at radius 3 is 2.52 bits per heavy atom. The van der Waals surface area contributed by atoms with E-state index in [0.29, 0.717) is 37.7 Å². The van der Waals surface area contributed by atoms with Crippen LogP contribution in [0.4, 0.5) is 5.69 Å². The van der Waals surface area contributed by atoms with E-state index in [4.69, 9.17) is 15.2 Å². The molecule has 2 amide bonds. The molecule has 1 fully saturated rings. The van der Waals surface area contributed by atoms with Gasteiger partial charge < -0.3 is 25.8 Å². The lowest BCUT2D eigenvalue weighted by molar-refractivity contribution is -0.121. The van der Waals surface area contributed by atoms with Crippen molar-refractivity contribution < 1.29 is 19.1 Å². The van der Waals surface area contributed by atoms with Gasteiger partial charge in [-0.2, -0.15) is 0 Å². The number of nitrogens with one attached hydrogen (secondary N) is 2. The number of nitrogens with two attached hydrogens (primary N) is 1. The minimum Gasteiger partial charge on any atom is -0.493 e. The Morgan fingerprint density at radius 2 is 1.92 bits per heavy atom. The molecular weight excluding hydrogens is 346 g/mol. The van der Waals surface area contributed by atoms with Gasteiger partial charge in [0.25, 0.3) is 0 Å². The van der Waals surface area contributed by atoms with Gasteiger partial charge in [-0.25, -0.2) is 0 Å². The zero-order valence-corrected chi connectivity index (χ0v) is 15.1. The van der Waals surface area contributed by atoms with Crippen LogP contribution in [0.25, 0.3) is 0 Å². The van der Waals surface area contributed by atoms with Gasteiger partial charge in [0.05, 0.1) is 19.1 Å². The molecule has 1 atom stereocenters. The lowest BCUT2D eigenvalue weighted by Gasteiger charge is -2.26. The predicted octanol–water partition coefficient (Wildman–Crippen LogP) is 1.32. The molecule has 1 aromatic rings. The molecule has 0 aromatic heterocycles. The normalized spacial score (nSPS) is 15.6. The summed E-state index contributed by atoms with van der Waals surface area (Å²) in [5, 5.41) is 5.36. The van der Waals surface area contributed by atoms with Crippen molar-refractivity contribution in [1.29, 1.82) is 0 Å². The maximum atomic E-state index is 12.2. The molecule has 4 N–H and O–H groups in total. The number of halogens is 1. The molecule has 0 spiro atoms. The molecule has 2 rings (SSSR count). The molecular formula is C17H26ClN3O4. The molecule has 8 heteroatoms. The number of benzene rings is 1. The van der Waals surface area contributed by atoms with Crippen molar-refractivity contribution in [2.45, 2.75) is 25.3 Å². The summed E-state index contributed by atoms with van der Waals surface area (Å²) in [6.45, 7) is 1.63. The smallest absolute Gasteiger partial charge is 0.241 e. The average molecular weight is 372 g/mol. The number of hydrogen-bond donors (Lipinski definition) is 3. The lowest BCUT2D eigenvalue weighted by atomic mass is 9.92. The summed E-state index contributed by atoms with van der Waals surface area (Å²) >= 11 is 0. The maximum Gasteiger partial charge on any atom is 0.241 e. The highest BCUT2D eigenvalue weighted by Crippen LogP contribution is 2.20. The summed E-state index contributed by atoms with van der Waals surface area (Å²) in [6.07, 6.45) is 1.92. The Morgan fingerprint density at radius 1 is 1.28 bits per heavy atom. The molecule has 140 valence electrons. The van der Waals surface area contributed by atoms with Gasteiger partial charge in [0.15, 0.2) is 0 Å². The molecule has 0 saturated carbocycles. The quantitative estimate of drug-likeness (QED) is 0.670. The van der Waals surface area contributed by atoms with Crippen LogP contribution in [0.15, 0.2) is 24.3 Å². The van der Waals surface area contributed by atoms with Gasteiger partial charge in [0.2, 0.25) is 11.8 Å². The van der Waals surface area contributed by atoms with Gasteiger partial charge in [0.1, 0.15) is 5.75 Å². The molecule has 1 aliphatic heterocycles. The maximum absolute atomic E-state index is 12.2. The fourth-order valence-corrected chi connectivity index (χ4v) is 2.54. The van der Waals surface area contributed by atoms with Crippen molar-refractivity contribution in [2.75, 3.05) is 32.2 Å². The van der Waals surface area contributed by atoms with Gasteiger partial charge in [-0.3, -0.25) is 9.59 Å². The SMILES string of the molecule is CNC(=O)CCOc1ccc(NC(=O)C(N)C2CCOCC2)cc1.Cl. The molecule has 1 heterocycles. The van der Waals surface area contributed by atoms with Gasteiger partial charge in [-0.15, -0.1) is 12.4 Å². The molecule has 1 unspecified atom stereocenters. The minimum atomic E-state index is -0.530. The van der Waals surface area contributed by atoms with Crippen molar-refractivity contribution in [2.24, 2.45) is 11.7 Å². The van der Waals surface area contributed by atoms with Crippen molar-refractivity contribution in [1.82, 2.24) is 5.32 Å². The van der Waals surface area contributed by atoms with Crippen molar-refractivity contribution >= 4 is 29.9 Å². The zero-order valence-electron chi connectivity index (χ0n) is 14.3. The second kappa shape index (κ2) is 10.9. The van der Waals surface area contributed by atoms with E-state index in [2.05, 4.69) is 10.6 Å². The topological polar surface area (TPSA) is 103 Å². The van der Waals surface area contributed by atoms with Crippen LogP contribution in [0.3, 0.4) is 0 Å². The highest BCUT2D eigenvalue weighted by Gasteiger charge is 2.26. The molecule has 0 radical (unpaired) electrons. The van der Waals surface area contributed by atoms with Crippen molar-refractivity contribution in [3.63, 3.8) is 0 Å². The van der Waals surface area contributed by atoms with Gasteiger partial charge in [-0.1, -0.05) is 0 Å². The third kappa shape index (κ3) is 6.89. The van der Waals surface area contributed by atoms with Gasteiger partial charge in [-0.05, 0) is 43.0 Å². The Kier molecular flexibility index (Phi) is 9.26. The van der Waals surface area contributed by atoms with Crippen LogP contribution in [0, 0.1) is 5.92 Å². The Labute approximate surface area is 154 Å². The molecule has 25 heavy (non-hydrogen) atoms. The first kappa shape index (κ1) is 21.2. The molecule has 7 nitrogen and oxygen atoms in total. The summed E-state index contributed by atoms with van der Waals surface area (Å²) in [4.78, 5) is 23.3. The second-order valence-corrected chi connectivity index (χ2v) is 5.76. The van der Waals surface area contributed by atoms with E-state index in [1.54, 1.807) is 31.3 Å². The number of carbonyl (C=O) groups excluding carboxylic acids is 2. The fourth-order valence-electron chi connectivity index (χ4n) is 2.54. The first-order chi connectivity index (χ1) is 11.6. The lowest BCUT2D eigenvalue weighted by Crippen LogP contribution is -2.43. The molecule has 1 aliphatic rings. The number of rotatable bonds is 7. The van der Waals surface area contributed by atoms with Crippen LogP contribution in [0.2, 0.25) is 0 Å². The van der Waals surface area contributed by atoms with Crippen LogP contribution in [0.5, 0.6) is 5.75 Å². The van der Waals surface area contributed by atoms with Crippen LogP contribution < -0.4 is 21.1 Å². The third-order valence-corrected chi connectivity index (χ3v) is 4.08. The largest absolute Gasteiger partial charge is 0.493 e. The van der Waals surface area contributed by atoms with Crippen LogP contribution in [-0.4, -0.2) is 44.7 Å². The highest BCUT2D eigenvalue weighted by molar-refractivity contribution is 5.94. The number of anilines is 1. The van der Waals surface area contributed by atoms with Crippen molar-refractivity contribution in [3.8, 4) is 5.75 Å². The van der Waals surface area contributed by atoms with E-state index in [1.807, 2.05) is 0 Å². The molecule has 0 bridgehead atoms. The Balaban J connectivity index is 0.00000312. The van der Waals surface area contributed by atoms with E-state index < -0.39 is 6.04 Å².